The molecule has 0 saturated carbocycles. The van der Waals surface area contributed by atoms with Crippen LogP contribution in [0.2, 0.25) is 0 Å². The maximum atomic E-state index is 12.9. The fourth-order valence-electron chi connectivity index (χ4n) is 1.93. The fourth-order valence-corrected chi connectivity index (χ4v) is 1.93. The standard InChI is InChI=1S/C13H11F3O5/c1-19-9-4-6-3-7(12(17)18)11(13(14,15)16)21-8(6)5-10(9)20-2/h3-5,11H,1-2H3,(H,17,18)/p-1. The summed E-state index contributed by atoms with van der Waals surface area (Å²) in [6.07, 6.45) is -6.61. The van der Waals surface area contributed by atoms with Gasteiger partial charge in [-0.25, -0.2) is 0 Å². The molecule has 5 nitrogen and oxygen atoms in total. The molecule has 1 atom stereocenters. The van der Waals surface area contributed by atoms with Crippen molar-refractivity contribution in [1.29, 1.82) is 0 Å². The number of methoxy groups -OCH3 is 2. The van der Waals surface area contributed by atoms with Crippen LogP contribution in [0.3, 0.4) is 0 Å². The van der Waals surface area contributed by atoms with Crippen LogP contribution in [-0.2, 0) is 4.79 Å². The SMILES string of the molecule is COc1cc2c(cc1OC)OC(C(F)(F)F)C(C(=O)[O-])=C2. The zero-order valence-corrected chi connectivity index (χ0v) is 11.0. The molecule has 1 aromatic rings. The minimum Gasteiger partial charge on any atom is -0.545 e. The lowest BCUT2D eigenvalue weighted by Gasteiger charge is -2.29. The molecule has 2 rings (SSSR count). The zero-order valence-electron chi connectivity index (χ0n) is 11.0. The molecule has 0 fully saturated rings. The number of halogens is 3. The van der Waals surface area contributed by atoms with E-state index in [2.05, 4.69) is 0 Å². The highest BCUT2D eigenvalue weighted by Crippen LogP contribution is 2.42. The molecule has 8 heteroatoms. The second-order valence-corrected chi connectivity index (χ2v) is 4.17. The highest BCUT2D eigenvalue weighted by molar-refractivity contribution is 5.93. The number of aliphatic carboxylic acids is 1. The van der Waals surface area contributed by atoms with Crippen molar-refractivity contribution in [2.24, 2.45) is 0 Å². The van der Waals surface area contributed by atoms with Gasteiger partial charge in [-0.3, -0.25) is 0 Å². The molecule has 0 saturated heterocycles. The average Bonchev–Trinajstić information content (AvgIpc) is 2.43. The van der Waals surface area contributed by atoms with Crippen LogP contribution in [-0.4, -0.2) is 32.5 Å². The highest BCUT2D eigenvalue weighted by Gasteiger charge is 2.46. The maximum Gasteiger partial charge on any atom is 0.429 e. The molecule has 114 valence electrons. The number of rotatable bonds is 3. The Morgan fingerprint density at radius 3 is 2.29 bits per heavy atom. The lowest BCUT2D eigenvalue weighted by atomic mass is 10.0. The first-order chi connectivity index (χ1) is 9.77. The van der Waals surface area contributed by atoms with Crippen molar-refractivity contribution >= 4 is 12.0 Å². The second-order valence-electron chi connectivity index (χ2n) is 4.17. The molecule has 21 heavy (non-hydrogen) atoms. The topological polar surface area (TPSA) is 67.8 Å². The van der Waals surface area contributed by atoms with Gasteiger partial charge in [0.25, 0.3) is 0 Å². The van der Waals surface area contributed by atoms with E-state index in [-0.39, 0.29) is 22.8 Å². The van der Waals surface area contributed by atoms with Gasteiger partial charge in [0.05, 0.1) is 20.2 Å². The largest absolute Gasteiger partial charge is 0.545 e. The fraction of sp³-hybridized carbons (Fsp3) is 0.308. The van der Waals surface area contributed by atoms with E-state index < -0.39 is 23.8 Å². The van der Waals surface area contributed by atoms with Gasteiger partial charge in [0.1, 0.15) is 5.75 Å². The summed E-state index contributed by atoms with van der Waals surface area (Å²) >= 11 is 0. The normalized spacial score (nSPS) is 17.4. The summed E-state index contributed by atoms with van der Waals surface area (Å²) in [5, 5.41) is 10.9. The lowest BCUT2D eigenvalue weighted by molar-refractivity contribution is -0.302. The Hall–Kier alpha value is -2.38. The van der Waals surface area contributed by atoms with Crippen LogP contribution in [0.15, 0.2) is 17.7 Å². The van der Waals surface area contributed by atoms with E-state index in [1.807, 2.05) is 0 Å². The second kappa shape index (κ2) is 5.19. The Balaban J connectivity index is 2.58. The van der Waals surface area contributed by atoms with Gasteiger partial charge < -0.3 is 24.1 Å². The third-order valence-electron chi connectivity index (χ3n) is 2.89. The monoisotopic (exact) mass is 303 g/mol. The quantitative estimate of drug-likeness (QED) is 0.838. The van der Waals surface area contributed by atoms with E-state index in [1.165, 1.54) is 26.4 Å². The van der Waals surface area contributed by atoms with Crippen LogP contribution in [0, 0.1) is 0 Å². The summed E-state index contributed by atoms with van der Waals surface area (Å²) < 4.78 is 53.3. The predicted octanol–water partition coefficient (Wildman–Crippen LogP) is 1.16. The number of carbonyl (C=O) groups excluding carboxylic acids is 1. The molecule has 0 amide bonds. The molecule has 0 spiro atoms. The summed E-state index contributed by atoms with van der Waals surface area (Å²) in [5.74, 6) is -1.69. The summed E-state index contributed by atoms with van der Waals surface area (Å²) in [7, 11) is 2.66. The van der Waals surface area contributed by atoms with Crippen molar-refractivity contribution in [2.75, 3.05) is 14.2 Å². The van der Waals surface area contributed by atoms with Crippen LogP contribution in [0.4, 0.5) is 13.2 Å². The number of carboxylic acids is 1. The molecule has 1 aliphatic rings. The van der Waals surface area contributed by atoms with E-state index in [0.717, 1.165) is 6.08 Å². The Kier molecular flexibility index (Phi) is 3.71. The first kappa shape index (κ1) is 15.0. The first-order valence-corrected chi connectivity index (χ1v) is 5.70. The Morgan fingerprint density at radius 2 is 1.81 bits per heavy atom. The van der Waals surface area contributed by atoms with Gasteiger partial charge in [-0.15, -0.1) is 0 Å². The Bertz CT molecular complexity index is 607. The molecule has 0 aliphatic carbocycles. The van der Waals surface area contributed by atoms with Crippen molar-refractivity contribution in [1.82, 2.24) is 0 Å². The van der Waals surface area contributed by atoms with E-state index in [1.54, 1.807) is 0 Å². The minimum absolute atomic E-state index is 0.132. The van der Waals surface area contributed by atoms with Gasteiger partial charge >= 0.3 is 6.18 Å². The van der Waals surface area contributed by atoms with Gasteiger partial charge in [-0.05, 0) is 12.1 Å². The van der Waals surface area contributed by atoms with Crippen molar-refractivity contribution in [3.05, 3.63) is 23.3 Å². The Morgan fingerprint density at radius 1 is 1.24 bits per heavy atom. The predicted molar refractivity (Wildman–Crippen MR) is 63.0 cm³/mol. The van der Waals surface area contributed by atoms with E-state index in [4.69, 9.17) is 14.2 Å². The summed E-state index contributed by atoms with van der Waals surface area (Å²) in [6, 6.07) is 2.53. The van der Waals surface area contributed by atoms with Gasteiger partial charge in [-0.1, -0.05) is 0 Å². The van der Waals surface area contributed by atoms with Gasteiger partial charge in [-0.2, -0.15) is 13.2 Å². The van der Waals surface area contributed by atoms with Crippen LogP contribution < -0.4 is 19.3 Å². The molecule has 0 bridgehead atoms. The summed E-state index contributed by atoms with van der Waals surface area (Å²) in [6.45, 7) is 0. The van der Waals surface area contributed by atoms with Crippen molar-refractivity contribution in [2.45, 2.75) is 12.3 Å². The number of carbonyl (C=O) groups is 1. The Labute approximate surface area is 117 Å². The van der Waals surface area contributed by atoms with E-state index >= 15 is 0 Å². The molecular formula is C13H10F3O5-. The number of benzene rings is 1. The number of ether oxygens (including phenoxy) is 3. The van der Waals surface area contributed by atoms with Crippen LogP contribution in [0.1, 0.15) is 5.56 Å². The highest BCUT2D eigenvalue weighted by atomic mass is 19.4. The number of alkyl halides is 3. The number of hydrogen-bond acceptors (Lipinski definition) is 5. The minimum atomic E-state index is -4.88. The van der Waals surface area contributed by atoms with Crippen LogP contribution in [0.25, 0.3) is 6.08 Å². The molecule has 0 aromatic heterocycles. The zero-order chi connectivity index (χ0) is 15.8. The summed E-state index contributed by atoms with van der Waals surface area (Å²) in [4.78, 5) is 10.9. The van der Waals surface area contributed by atoms with Crippen LogP contribution in [0.5, 0.6) is 17.2 Å². The lowest BCUT2D eigenvalue weighted by Crippen LogP contribution is -2.44. The van der Waals surface area contributed by atoms with E-state index in [9.17, 15) is 23.1 Å². The molecule has 1 aliphatic heterocycles. The molecule has 1 heterocycles. The molecule has 0 N–H and O–H groups in total. The molecular weight excluding hydrogens is 293 g/mol. The van der Waals surface area contributed by atoms with Crippen molar-refractivity contribution < 1.29 is 37.3 Å². The maximum absolute atomic E-state index is 12.9. The van der Waals surface area contributed by atoms with Crippen molar-refractivity contribution in [3.63, 3.8) is 0 Å². The number of hydrogen-bond donors (Lipinski definition) is 0. The number of carboxylic acid groups (broad SMARTS) is 1. The third kappa shape index (κ3) is 2.74. The summed E-state index contributed by atoms with van der Waals surface area (Å²) in [5.41, 5.74) is -0.866. The first-order valence-electron chi connectivity index (χ1n) is 5.70. The van der Waals surface area contributed by atoms with Crippen LogP contribution >= 0.6 is 0 Å². The molecule has 0 radical (unpaired) electrons. The smallest absolute Gasteiger partial charge is 0.429 e. The van der Waals surface area contributed by atoms with Crippen molar-refractivity contribution in [3.8, 4) is 17.2 Å². The van der Waals surface area contributed by atoms with E-state index in [0.29, 0.717) is 0 Å². The van der Waals surface area contributed by atoms with Gasteiger partial charge in [0.15, 0.2) is 11.5 Å². The number of fused-ring (bicyclic) bond motifs is 1. The van der Waals surface area contributed by atoms with Gasteiger partial charge in [0, 0.05) is 17.2 Å². The molecule has 1 aromatic carbocycles. The average molecular weight is 303 g/mol. The third-order valence-corrected chi connectivity index (χ3v) is 2.89. The van der Waals surface area contributed by atoms with Gasteiger partial charge in [0.2, 0.25) is 6.10 Å². The molecule has 1 unspecified atom stereocenters.